The normalized spacial score (nSPS) is 16.2. The predicted octanol–water partition coefficient (Wildman–Crippen LogP) is 0.0386. The Hall–Kier alpha value is -1.57. The summed E-state index contributed by atoms with van der Waals surface area (Å²) >= 11 is 0. The monoisotopic (exact) mass is 181 g/mol. The number of carbonyl (C=O) groups excluding carboxylic acids is 1. The van der Waals surface area contributed by atoms with E-state index >= 15 is 0 Å². The maximum atomic E-state index is 10.7. The molecule has 0 aromatic carbocycles. The first-order valence-electron chi connectivity index (χ1n) is 4.04. The highest BCUT2D eigenvalue weighted by atomic mass is 16.5. The minimum atomic E-state index is -0.391. The zero-order valence-electron chi connectivity index (χ0n) is 7.41. The van der Waals surface area contributed by atoms with Crippen molar-refractivity contribution in [1.82, 2.24) is 5.32 Å². The summed E-state index contributed by atoms with van der Waals surface area (Å²) in [5, 5.41) is 10.8. The van der Waals surface area contributed by atoms with Gasteiger partial charge in [-0.05, 0) is 12.8 Å². The number of hydrogen-bond donors (Lipinski definition) is 1. The summed E-state index contributed by atoms with van der Waals surface area (Å²) in [4.78, 5) is 14.7. The largest absolute Gasteiger partial charge is 0.468 e. The lowest BCUT2D eigenvalue weighted by atomic mass is 10.4. The number of nitrogens with one attached hydrogen (secondary N) is 1. The average molecular weight is 181 g/mol. The molecule has 1 rings (SSSR count). The Bertz CT molecular complexity index is 263. The standard InChI is InChI=1S/C8H11N3O2/c1-13-7(12)4-10-8(11-5-9)6-2-3-6/h6H,2-4H2,1H3,(H,10,11). The molecule has 0 atom stereocenters. The number of ether oxygens (including phenoxy) is 1. The number of hydrogen-bond acceptors (Lipinski definition) is 4. The maximum absolute atomic E-state index is 10.7. The lowest BCUT2D eigenvalue weighted by Crippen LogP contribution is -2.21. The second-order valence-corrected chi connectivity index (χ2v) is 2.79. The van der Waals surface area contributed by atoms with E-state index in [9.17, 15) is 4.79 Å². The summed E-state index contributed by atoms with van der Waals surface area (Å²) in [5.41, 5.74) is 0. The van der Waals surface area contributed by atoms with E-state index in [1.54, 1.807) is 6.19 Å². The average Bonchev–Trinajstić information content (AvgIpc) is 2.94. The Kier molecular flexibility index (Phi) is 3.26. The van der Waals surface area contributed by atoms with E-state index in [2.05, 4.69) is 15.0 Å². The molecule has 0 heterocycles. The molecule has 0 spiro atoms. The van der Waals surface area contributed by atoms with Gasteiger partial charge in [0.25, 0.3) is 0 Å². The van der Waals surface area contributed by atoms with E-state index < -0.39 is 5.97 Å². The van der Waals surface area contributed by atoms with Gasteiger partial charge in [0.15, 0.2) is 6.19 Å². The summed E-state index contributed by atoms with van der Waals surface area (Å²) in [6.07, 6.45) is 3.87. The molecule has 0 aliphatic heterocycles. The van der Waals surface area contributed by atoms with Gasteiger partial charge in [-0.2, -0.15) is 5.26 Å². The smallest absolute Gasteiger partial charge is 0.327 e. The minimum absolute atomic E-state index is 0.0169. The molecule has 1 saturated carbocycles. The van der Waals surface area contributed by atoms with E-state index in [0.29, 0.717) is 11.8 Å². The molecule has 13 heavy (non-hydrogen) atoms. The summed E-state index contributed by atoms with van der Waals surface area (Å²) in [6.45, 7) is -0.0169. The molecule has 1 aliphatic rings. The first kappa shape index (κ1) is 9.52. The molecule has 70 valence electrons. The van der Waals surface area contributed by atoms with Gasteiger partial charge in [0.1, 0.15) is 12.4 Å². The quantitative estimate of drug-likeness (QED) is 0.219. The highest BCUT2D eigenvalue weighted by Crippen LogP contribution is 2.29. The third-order valence-electron chi connectivity index (χ3n) is 1.75. The van der Waals surface area contributed by atoms with E-state index in [4.69, 9.17) is 5.26 Å². The van der Waals surface area contributed by atoms with Crippen molar-refractivity contribution < 1.29 is 9.53 Å². The molecular formula is C8H11N3O2. The predicted molar refractivity (Wildman–Crippen MR) is 45.8 cm³/mol. The summed E-state index contributed by atoms with van der Waals surface area (Å²) < 4.78 is 4.42. The van der Waals surface area contributed by atoms with Crippen molar-refractivity contribution in [2.75, 3.05) is 13.7 Å². The number of esters is 1. The van der Waals surface area contributed by atoms with Gasteiger partial charge in [0, 0.05) is 5.92 Å². The first-order chi connectivity index (χ1) is 6.27. The molecule has 0 unspecified atom stereocenters. The van der Waals surface area contributed by atoms with Crippen LogP contribution in [0.25, 0.3) is 0 Å². The van der Waals surface area contributed by atoms with Crippen LogP contribution >= 0.6 is 0 Å². The Morgan fingerprint density at radius 2 is 2.46 bits per heavy atom. The number of methoxy groups -OCH3 is 1. The van der Waals surface area contributed by atoms with Crippen LogP contribution in [-0.2, 0) is 9.53 Å². The second kappa shape index (κ2) is 4.45. The SMILES string of the molecule is COC(=O)CN=C(NC#N)C1CC1. The van der Waals surface area contributed by atoms with Crippen LogP contribution in [0.2, 0.25) is 0 Å². The van der Waals surface area contributed by atoms with Crippen LogP contribution in [0.4, 0.5) is 0 Å². The highest BCUT2D eigenvalue weighted by molar-refractivity contribution is 5.89. The van der Waals surface area contributed by atoms with Crippen molar-refractivity contribution >= 4 is 11.8 Å². The zero-order valence-corrected chi connectivity index (χ0v) is 7.41. The van der Waals surface area contributed by atoms with Crippen molar-refractivity contribution in [2.24, 2.45) is 10.9 Å². The number of amidine groups is 1. The number of aliphatic imine (C=N–C) groups is 1. The van der Waals surface area contributed by atoms with Gasteiger partial charge in [-0.15, -0.1) is 0 Å². The van der Waals surface area contributed by atoms with Crippen molar-refractivity contribution in [2.45, 2.75) is 12.8 Å². The fourth-order valence-electron chi connectivity index (χ4n) is 0.899. The first-order valence-corrected chi connectivity index (χ1v) is 4.04. The summed E-state index contributed by atoms with van der Waals surface area (Å²) in [6, 6.07) is 0. The van der Waals surface area contributed by atoms with Gasteiger partial charge in [-0.25, -0.2) is 0 Å². The van der Waals surface area contributed by atoms with E-state index in [0.717, 1.165) is 12.8 Å². The van der Waals surface area contributed by atoms with Crippen molar-refractivity contribution in [3.05, 3.63) is 0 Å². The van der Waals surface area contributed by atoms with Gasteiger partial charge in [-0.1, -0.05) is 0 Å². The van der Waals surface area contributed by atoms with Gasteiger partial charge >= 0.3 is 5.97 Å². The fraction of sp³-hybridized carbons (Fsp3) is 0.625. The molecule has 0 aromatic rings. The van der Waals surface area contributed by atoms with Crippen LogP contribution in [0.3, 0.4) is 0 Å². The Morgan fingerprint density at radius 3 is 2.92 bits per heavy atom. The van der Waals surface area contributed by atoms with Crippen LogP contribution in [0.15, 0.2) is 4.99 Å². The molecule has 1 aliphatic carbocycles. The number of nitrogens with zero attached hydrogens (tertiary/aromatic N) is 2. The summed E-state index contributed by atoms with van der Waals surface area (Å²) in [7, 11) is 1.31. The molecule has 0 amide bonds. The Labute approximate surface area is 76.4 Å². The van der Waals surface area contributed by atoms with Crippen LogP contribution < -0.4 is 5.32 Å². The van der Waals surface area contributed by atoms with Crippen LogP contribution in [0.5, 0.6) is 0 Å². The third-order valence-corrected chi connectivity index (χ3v) is 1.75. The van der Waals surface area contributed by atoms with Crippen LogP contribution in [-0.4, -0.2) is 25.5 Å². The highest BCUT2D eigenvalue weighted by Gasteiger charge is 2.27. The van der Waals surface area contributed by atoms with Crippen molar-refractivity contribution in [3.63, 3.8) is 0 Å². The molecular weight excluding hydrogens is 170 g/mol. The molecule has 0 saturated heterocycles. The molecule has 5 nitrogen and oxygen atoms in total. The molecule has 5 heteroatoms. The third kappa shape index (κ3) is 3.11. The molecule has 1 N–H and O–H groups in total. The molecule has 0 bridgehead atoms. The summed E-state index contributed by atoms with van der Waals surface area (Å²) in [5.74, 6) is 0.551. The van der Waals surface area contributed by atoms with E-state index in [1.165, 1.54) is 7.11 Å². The van der Waals surface area contributed by atoms with Gasteiger partial charge < -0.3 is 4.74 Å². The minimum Gasteiger partial charge on any atom is -0.468 e. The Balaban J connectivity index is 2.44. The van der Waals surface area contributed by atoms with Gasteiger partial charge in [-0.3, -0.25) is 15.1 Å². The van der Waals surface area contributed by atoms with Gasteiger partial charge in [0.05, 0.1) is 7.11 Å². The van der Waals surface area contributed by atoms with Gasteiger partial charge in [0.2, 0.25) is 0 Å². The number of rotatable bonds is 3. The maximum Gasteiger partial charge on any atom is 0.327 e. The number of carbonyl (C=O) groups is 1. The number of nitriles is 1. The van der Waals surface area contributed by atoms with E-state index in [1.807, 2.05) is 0 Å². The van der Waals surface area contributed by atoms with E-state index in [-0.39, 0.29) is 6.54 Å². The lowest BCUT2D eigenvalue weighted by molar-refractivity contribution is -0.138. The van der Waals surface area contributed by atoms with Crippen LogP contribution in [0.1, 0.15) is 12.8 Å². The molecule has 0 radical (unpaired) electrons. The topological polar surface area (TPSA) is 74.5 Å². The van der Waals surface area contributed by atoms with Crippen LogP contribution in [0, 0.1) is 17.4 Å². The Morgan fingerprint density at radius 1 is 1.77 bits per heavy atom. The van der Waals surface area contributed by atoms with Crippen molar-refractivity contribution in [1.29, 1.82) is 5.26 Å². The molecule has 1 fully saturated rings. The molecule has 0 aromatic heterocycles. The van der Waals surface area contributed by atoms with Crippen molar-refractivity contribution in [3.8, 4) is 6.19 Å². The fourth-order valence-corrected chi connectivity index (χ4v) is 0.899. The second-order valence-electron chi connectivity index (χ2n) is 2.79. The zero-order chi connectivity index (χ0) is 9.68. The lowest BCUT2D eigenvalue weighted by Gasteiger charge is -2.00.